The predicted octanol–water partition coefficient (Wildman–Crippen LogP) is 3.33. The van der Waals surface area contributed by atoms with Crippen LogP contribution in [0.15, 0.2) is 46.3 Å². The fraction of sp³-hybridized carbons (Fsp3) is 0.333. The number of benzene rings is 2. The molecule has 1 aromatic heterocycles. The van der Waals surface area contributed by atoms with E-state index in [-0.39, 0.29) is 10.9 Å². The van der Waals surface area contributed by atoms with E-state index in [1.807, 2.05) is 30.7 Å². The molecule has 0 saturated heterocycles. The van der Waals surface area contributed by atoms with Gasteiger partial charge in [0.15, 0.2) is 4.80 Å². The number of nitrogens with zero attached hydrogens (tertiary/aromatic N) is 3. The SMILES string of the molecule is COc1ccc(C)c2sc(=NC(=O)c3ccc(S(=O)(=O)N(C)C(C)C)cc3)n(C)c12. The van der Waals surface area contributed by atoms with E-state index in [0.29, 0.717) is 16.1 Å². The van der Waals surface area contributed by atoms with Crippen LogP contribution < -0.4 is 9.54 Å². The second kappa shape index (κ2) is 8.33. The topological polar surface area (TPSA) is 81.0 Å². The fourth-order valence-corrected chi connectivity index (χ4v) is 5.45. The second-order valence-electron chi connectivity index (χ2n) is 7.26. The molecule has 3 aromatic rings. The third-order valence-corrected chi connectivity index (χ3v) is 8.34. The Labute approximate surface area is 180 Å². The molecule has 1 amide bonds. The van der Waals surface area contributed by atoms with Crippen LogP contribution in [0.5, 0.6) is 5.75 Å². The van der Waals surface area contributed by atoms with Crippen molar-refractivity contribution in [3.8, 4) is 5.75 Å². The highest BCUT2D eigenvalue weighted by atomic mass is 32.2. The van der Waals surface area contributed by atoms with Gasteiger partial charge in [-0.05, 0) is 56.7 Å². The lowest BCUT2D eigenvalue weighted by Gasteiger charge is -2.20. The first-order valence-electron chi connectivity index (χ1n) is 9.38. The highest BCUT2D eigenvalue weighted by Gasteiger charge is 2.23. The highest BCUT2D eigenvalue weighted by Crippen LogP contribution is 2.29. The molecule has 0 saturated carbocycles. The molecule has 0 radical (unpaired) electrons. The van der Waals surface area contributed by atoms with Crippen molar-refractivity contribution < 1.29 is 17.9 Å². The van der Waals surface area contributed by atoms with Crippen LogP contribution in [0, 0.1) is 6.92 Å². The van der Waals surface area contributed by atoms with E-state index >= 15 is 0 Å². The lowest BCUT2D eigenvalue weighted by Crippen LogP contribution is -2.33. The summed E-state index contributed by atoms with van der Waals surface area (Å²) in [7, 11) is 1.38. The van der Waals surface area contributed by atoms with E-state index in [0.717, 1.165) is 15.8 Å². The van der Waals surface area contributed by atoms with Gasteiger partial charge in [0.2, 0.25) is 10.0 Å². The molecule has 160 valence electrons. The van der Waals surface area contributed by atoms with Crippen LogP contribution >= 0.6 is 11.3 Å². The number of rotatable bonds is 5. The minimum absolute atomic E-state index is 0.142. The Hall–Kier alpha value is -2.49. The van der Waals surface area contributed by atoms with Gasteiger partial charge < -0.3 is 9.30 Å². The molecule has 0 fully saturated rings. The van der Waals surface area contributed by atoms with Crippen LogP contribution in [0.25, 0.3) is 10.2 Å². The summed E-state index contributed by atoms with van der Waals surface area (Å²) in [5.41, 5.74) is 2.28. The number of thiazole rings is 1. The van der Waals surface area contributed by atoms with Crippen LogP contribution in [-0.4, -0.2) is 43.4 Å². The van der Waals surface area contributed by atoms with Gasteiger partial charge >= 0.3 is 0 Å². The maximum Gasteiger partial charge on any atom is 0.279 e. The van der Waals surface area contributed by atoms with Crippen LogP contribution in [0.2, 0.25) is 0 Å². The summed E-state index contributed by atoms with van der Waals surface area (Å²) in [4.78, 5) is 17.7. The van der Waals surface area contributed by atoms with Crippen LogP contribution in [0.1, 0.15) is 29.8 Å². The second-order valence-corrected chi connectivity index (χ2v) is 10.2. The molecular formula is C21H25N3O4S2. The Morgan fingerprint density at radius 2 is 1.80 bits per heavy atom. The number of carbonyl (C=O) groups is 1. The average molecular weight is 448 g/mol. The molecule has 0 aliphatic rings. The Bertz CT molecular complexity index is 1270. The van der Waals surface area contributed by atoms with Crippen molar-refractivity contribution in [3.05, 3.63) is 52.3 Å². The van der Waals surface area contributed by atoms with Crippen LogP contribution in [0.4, 0.5) is 0 Å². The number of aromatic nitrogens is 1. The van der Waals surface area contributed by atoms with Crippen molar-refractivity contribution in [3.63, 3.8) is 0 Å². The summed E-state index contributed by atoms with van der Waals surface area (Å²) < 4.78 is 34.7. The summed E-state index contributed by atoms with van der Waals surface area (Å²) in [6, 6.07) is 9.56. The summed E-state index contributed by atoms with van der Waals surface area (Å²) in [5.74, 6) is 0.280. The quantitative estimate of drug-likeness (QED) is 0.601. The van der Waals surface area contributed by atoms with Gasteiger partial charge in [0, 0.05) is 25.7 Å². The van der Waals surface area contributed by atoms with Crippen LogP contribution in [0.3, 0.4) is 0 Å². The molecule has 0 N–H and O–H groups in total. The lowest BCUT2D eigenvalue weighted by atomic mass is 10.2. The number of sulfonamides is 1. The number of hydrogen-bond acceptors (Lipinski definition) is 5. The minimum Gasteiger partial charge on any atom is -0.495 e. The van der Waals surface area contributed by atoms with Crippen molar-refractivity contribution in [1.29, 1.82) is 0 Å². The number of ether oxygens (including phenoxy) is 1. The standard InChI is InChI=1S/C21H25N3O4S2/c1-13(2)24(5)30(26,27)16-10-8-15(9-11-16)20(25)22-21-23(4)18-17(28-6)12-7-14(3)19(18)29-21/h7-13H,1-6H3. The highest BCUT2D eigenvalue weighted by molar-refractivity contribution is 7.89. The first-order chi connectivity index (χ1) is 14.1. The molecule has 0 bridgehead atoms. The van der Waals surface area contributed by atoms with Gasteiger partial charge in [0.25, 0.3) is 5.91 Å². The Balaban J connectivity index is 2.00. The van der Waals surface area contributed by atoms with Gasteiger partial charge in [-0.15, -0.1) is 0 Å². The molecule has 0 unspecified atom stereocenters. The van der Waals surface area contributed by atoms with Crippen molar-refractivity contribution in [2.75, 3.05) is 14.2 Å². The van der Waals surface area contributed by atoms with E-state index in [1.165, 1.54) is 47.0 Å². The van der Waals surface area contributed by atoms with Crippen molar-refractivity contribution in [2.24, 2.45) is 12.0 Å². The molecule has 0 atom stereocenters. The zero-order chi connectivity index (χ0) is 22.2. The molecule has 0 spiro atoms. The lowest BCUT2D eigenvalue weighted by molar-refractivity contribution is 0.0998. The monoisotopic (exact) mass is 447 g/mol. The molecular weight excluding hydrogens is 422 g/mol. The normalized spacial score (nSPS) is 12.9. The summed E-state index contributed by atoms with van der Waals surface area (Å²) >= 11 is 1.41. The van der Waals surface area contributed by atoms with Gasteiger partial charge in [0.1, 0.15) is 11.3 Å². The van der Waals surface area contributed by atoms with Crippen LogP contribution in [-0.2, 0) is 17.1 Å². The zero-order valence-electron chi connectivity index (χ0n) is 17.8. The number of hydrogen-bond donors (Lipinski definition) is 0. The Morgan fingerprint density at radius 3 is 2.37 bits per heavy atom. The third kappa shape index (κ3) is 3.92. The predicted molar refractivity (Wildman–Crippen MR) is 119 cm³/mol. The van der Waals surface area contributed by atoms with E-state index < -0.39 is 15.9 Å². The molecule has 7 nitrogen and oxygen atoms in total. The number of aryl methyl sites for hydroxylation is 2. The van der Waals surface area contributed by atoms with Gasteiger partial charge in [-0.1, -0.05) is 17.4 Å². The van der Waals surface area contributed by atoms with Gasteiger partial charge in [-0.25, -0.2) is 8.42 Å². The Kier molecular flexibility index (Phi) is 6.16. The van der Waals surface area contributed by atoms with E-state index in [1.54, 1.807) is 21.0 Å². The van der Waals surface area contributed by atoms with Gasteiger partial charge in [0.05, 0.1) is 16.7 Å². The summed E-state index contributed by atoms with van der Waals surface area (Å²) in [6.45, 7) is 5.60. The molecule has 0 aliphatic heterocycles. The summed E-state index contributed by atoms with van der Waals surface area (Å²) in [5, 5.41) is 0. The smallest absolute Gasteiger partial charge is 0.279 e. The van der Waals surface area contributed by atoms with Crippen molar-refractivity contribution in [1.82, 2.24) is 8.87 Å². The van der Waals surface area contributed by atoms with Crippen molar-refractivity contribution >= 4 is 37.5 Å². The largest absolute Gasteiger partial charge is 0.495 e. The zero-order valence-corrected chi connectivity index (χ0v) is 19.5. The molecule has 9 heteroatoms. The first kappa shape index (κ1) is 22.2. The van der Waals surface area contributed by atoms with Gasteiger partial charge in [-0.3, -0.25) is 4.79 Å². The molecule has 3 rings (SSSR count). The number of amides is 1. The minimum atomic E-state index is -3.60. The van der Waals surface area contributed by atoms with E-state index in [9.17, 15) is 13.2 Å². The Morgan fingerprint density at radius 1 is 1.17 bits per heavy atom. The number of methoxy groups -OCH3 is 1. The molecule has 2 aromatic carbocycles. The average Bonchev–Trinajstić information content (AvgIpc) is 3.05. The fourth-order valence-electron chi connectivity index (χ4n) is 2.98. The van der Waals surface area contributed by atoms with E-state index in [4.69, 9.17) is 4.74 Å². The first-order valence-corrected chi connectivity index (χ1v) is 11.6. The maximum atomic E-state index is 12.7. The molecule has 1 heterocycles. The van der Waals surface area contributed by atoms with E-state index in [2.05, 4.69) is 4.99 Å². The van der Waals surface area contributed by atoms with Crippen molar-refractivity contribution in [2.45, 2.75) is 31.7 Å². The number of fused-ring (bicyclic) bond motifs is 1. The molecule has 30 heavy (non-hydrogen) atoms. The molecule has 0 aliphatic carbocycles. The third-order valence-electron chi connectivity index (χ3n) is 5.03. The van der Waals surface area contributed by atoms with Gasteiger partial charge in [-0.2, -0.15) is 9.30 Å². The summed E-state index contributed by atoms with van der Waals surface area (Å²) in [6.07, 6.45) is 0. The number of carbonyl (C=O) groups excluding carboxylic acids is 1. The maximum absolute atomic E-state index is 12.7.